The maximum absolute atomic E-state index is 12.8. The van der Waals surface area contributed by atoms with Gasteiger partial charge in [-0.15, -0.1) is 11.3 Å². The topological polar surface area (TPSA) is 75.9 Å². The minimum absolute atomic E-state index is 0.0616. The smallest absolute Gasteiger partial charge is 0.294 e. The van der Waals surface area contributed by atoms with E-state index < -0.39 is 0 Å². The Kier molecular flexibility index (Phi) is 4.26. The molecule has 2 amide bonds. The second kappa shape index (κ2) is 6.37. The molecule has 7 heteroatoms. The number of amides is 2. The van der Waals surface area contributed by atoms with Crippen LogP contribution in [0.5, 0.6) is 5.75 Å². The molecule has 0 aliphatic carbocycles. The number of hydrogen-bond acceptors (Lipinski definition) is 5. The predicted molar refractivity (Wildman–Crippen MR) is 94.8 cm³/mol. The standard InChI is InChI=1S/C17H17N3O3S/c1-19(2)16(21)10-20-13-6-5-11(18)8-14(13)23-15(17(20)22)9-12-4-3-7-24-12/h3-9H,10,18H2,1-2H3/b15-9+. The summed E-state index contributed by atoms with van der Waals surface area (Å²) < 4.78 is 5.74. The van der Waals surface area contributed by atoms with Crippen LogP contribution in [0.4, 0.5) is 11.4 Å². The molecule has 2 N–H and O–H groups in total. The maximum atomic E-state index is 12.8. The highest BCUT2D eigenvalue weighted by atomic mass is 32.1. The number of nitrogens with two attached hydrogens (primary N) is 1. The molecular formula is C17H17N3O3S. The van der Waals surface area contributed by atoms with E-state index in [-0.39, 0.29) is 24.1 Å². The fourth-order valence-corrected chi connectivity index (χ4v) is 2.91. The van der Waals surface area contributed by atoms with Gasteiger partial charge in [0.25, 0.3) is 5.91 Å². The first-order chi connectivity index (χ1) is 11.5. The number of fused-ring (bicyclic) bond motifs is 1. The molecule has 2 aromatic rings. The Labute approximate surface area is 143 Å². The molecule has 124 valence electrons. The van der Waals surface area contributed by atoms with Gasteiger partial charge < -0.3 is 15.4 Å². The van der Waals surface area contributed by atoms with Crippen molar-refractivity contribution >= 4 is 40.6 Å². The third kappa shape index (κ3) is 3.11. The number of thiophene rings is 1. The number of nitrogens with zero attached hydrogens (tertiary/aromatic N) is 2. The van der Waals surface area contributed by atoms with Crippen LogP contribution in [0.15, 0.2) is 41.5 Å². The van der Waals surface area contributed by atoms with E-state index in [1.807, 2.05) is 17.5 Å². The van der Waals surface area contributed by atoms with Gasteiger partial charge in [0.05, 0.1) is 5.69 Å². The fourth-order valence-electron chi connectivity index (χ4n) is 2.27. The Morgan fingerprint density at radius 3 is 2.83 bits per heavy atom. The van der Waals surface area contributed by atoms with Crippen LogP contribution in [0.3, 0.4) is 0 Å². The summed E-state index contributed by atoms with van der Waals surface area (Å²) in [5, 5.41) is 1.92. The van der Waals surface area contributed by atoms with E-state index in [0.717, 1.165) is 4.88 Å². The molecule has 3 rings (SSSR count). The molecule has 0 saturated carbocycles. The van der Waals surface area contributed by atoms with Gasteiger partial charge in [-0.05, 0) is 23.6 Å². The van der Waals surface area contributed by atoms with Crippen molar-refractivity contribution in [2.24, 2.45) is 0 Å². The third-order valence-corrected chi connectivity index (χ3v) is 4.38. The van der Waals surface area contributed by atoms with Gasteiger partial charge >= 0.3 is 0 Å². The van der Waals surface area contributed by atoms with Gasteiger partial charge in [-0.1, -0.05) is 6.07 Å². The molecule has 6 nitrogen and oxygen atoms in total. The Balaban J connectivity index is 2.02. The molecule has 0 radical (unpaired) electrons. The molecule has 0 fully saturated rings. The van der Waals surface area contributed by atoms with Gasteiger partial charge in [-0.2, -0.15) is 0 Å². The van der Waals surface area contributed by atoms with Crippen molar-refractivity contribution in [3.05, 3.63) is 46.3 Å². The molecule has 1 aromatic heterocycles. The zero-order valence-corrected chi connectivity index (χ0v) is 14.2. The Morgan fingerprint density at radius 1 is 1.38 bits per heavy atom. The van der Waals surface area contributed by atoms with Crippen molar-refractivity contribution in [2.45, 2.75) is 0 Å². The van der Waals surface area contributed by atoms with Crippen molar-refractivity contribution in [3.63, 3.8) is 0 Å². The molecule has 0 saturated heterocycles. The van der Waals surface area contributed by atoms with Gasteiger partial charge in [0.2, 0.25) is 5.91 Å². The van der Waals surface area contributed by atoms with Gasteiger partial charge in [-0.3, -0.25) is 14.5 Å². The van der Waals surface area contributed by atoms with E-state index >= 15 is 0 Å². The van der Waals surface area contributed by atoms with Crippen molar-refractivity contribution in [3.8, 4) is 5.75 Å². The Bertz CT molecular complexity index is 812. The molecule has 0 unspecified atom stereocenters. The molecule has 2 heterocycles. The van der Waals surface area contributed by atoms with Gasteiger partial charge in [0, 0.05) is 36.8 Å². The molecule has 0 spiro atoms. The summed E-state index contributed by atoms with van der Waals surface area (Å²) >= 11 is 1.50. The number of carbonyl (C=O) groups excluding carboxylic acids is 2. The first-order valence-electron chi connectivity index (χ1n) is 7.30. The van der Waals surface area contributed by atoms with E-state index in [9.17, 15) is 9.59 Å². The summed E-state index contributed by atoms with van der Waals surface area (Å²) in [7, 11) is 3.30. The van der Waals surface area contributed by atoms with Crippen molar-refractivity contribution in [2.75, 3.05) is 31.3 Å². The first kappa shape index (κ1) is 16.1. The van der Waals surface area contributed by atoms with E-state index in [0.29, 0.717) is 17.1 Å². The fraction of sp³-hybridized carbons (Fsp3) is 0.176. The van der Waals surface area contributed by atoms with Crippen LogP contribution in [0.25, 0.3) is 6.08 Å². The molecule has 0 bridgehead atoms. The second-order valence-electron chi connectivity index (χ2n) is 5.53. The zero-order valence-electron chi connectivity index (χ0n) is 13.4. The normalized spacial score (nSPS) is 15.2. The summed E-state index contributed by atoms with van der Waals surface area (Å²) in [6.45, 7) is -0.0616. The largest absolute Gasteiger partial charge is 0.449 e. The number of carbonyl (C=O) groups is 2. The summed E-state index contributed by atoms with van der Waals surface area (Å²) in [5.74, 6) is 0.102. The van der Waals surface area contributed by atoms with Gasteiger partial charge in [0.15, 0.2) is 11.5 Å². The second-order valence-corrected chi connectivity index (χ2v) is 6.51. The van der Waals surface area contributed by atoms with Gasteiger partial charge in [-0.25, -0.2) is 0 Å². The number of anilines is 2. The minimum atomic E-state index is -0.351. The Hall–Kier alpha value is -2.80. The average Bonchev–Trinajstić information content (AvgIpc) is 3.04. The first-order valence-corrected chi connectivity index (χ1v) is 8.18. The molecule has 1 aliphatic heterocycles. The Morgan fingerprint density at radius 2 is 2.17 bits per heavy atom. The number of hydrogen-bond donors (Lipinski definition) is 1. The highest BCUT2D eigenvalue weighted by Crippen LogP contribution is 2.37. The summed E-state index contributed by atoms with van der Waals surface area (Å²) in [6.07, 6.45) is 1.67. The summed E-state index contributed by atoms with van der Waals surface area (Å²) in [4.78, 5) is 28.7. The van der Waals surface area contributed by atoms with Crippen LogP contribution in [0, 0.1) is 0 Å². The number of nitrogen functional groups attached to an aromatic ring is 1. The highest BCUT2D eigenvalue weighted by Gasteiger charge is 2.32. The maximum Gasteiger partial charge on any atom is 0.294 e. The molecule has 1 aliphatic rings. The number of benzene rings is 1. The highest BCUT2D eigenvalue weighted by molar-refractivity contribution is 7.10. The SMILES string of the molecule is CN(C)C(=O)CN1C(=O)/C(=C\c2cccs2)Oc2cc(N)ccc21. The lowest BCUT2D eigenvalue weighted by atomic mass is 10.2. The lowest BCUT2D eigenvalue weighted by molar-refractivity contribution is -0.129. The molecular weight excluding hydrogens is 326 g/mol. The van der Waals surface area contributed by atoms with Crippen LogP contribution < -0.4 is 15.4 Å². The number of likely N-dealkylation sites (N-methyl/N-ethyl adjacent to an activating group) is 1. The van der Waals surface area contributed by atoms with Gasteiger partial charge in [0.1, 0.15) is 6.54 Å². The predicted octanol–water partition coefficient (Wildman–Crippen LogP) is 2.18. The van der Waals surface area contributed by atoms with Crippen LogP contribution in [0.2, 0.25) is 0 Å². The van der Waals surface area contributed by atoms with E-state index in [4.69, 9.17) is 10.5 Å². The van der Waals surface area contributed by atoms with Crippen molar-refractivity contribution in [1.82, 2.24) is 4.90 Å². The summed E-state index contributed by atoms with van der Waals surface area (Å²) in [5.41, 5.74) is 6.88. The molecule has 1 aromatic carbocycles. The third-order valence-electron chi connectivity index (χ3n) is 3.56. The van der Waals surface area contributed by atoms with Crippen LogP contribution in [-0.2, 0) is 9.59 Å². The number of rotatable bonds is 3. The quantitative estimate of drug-likeness (QED) is 0.685. The average molecular weight is 343 g/mol. The van der Waals surface area contributed by atoms with E-state index in [2.05, 4.69) is 0 Å². The van der Waals surface area contributed by atoms with Crippen LogP contribution in [0.1, 0.15) is 4.88 Å². The monoisotopic (exact) mass is 343 g/mol. The van der Waals surface area contributed by atoms with E-state index in [1.165, 1.54) is 21.1 Å². The van der Waals surface area contributed by atoms with Crippen molar-refractivity contribution in [1.29, 1.82) is 0 Å². The summed E-state index contributed by atoms with van der Waals surface area (Å²) in [6, 6.07) is 8.79. The number of ether oxygens (including phenoxy) is 1. The van der Waals surface area contributed by atoms with Crippen LogP contribution >= 0.6 is 11.3 Å². The lowest BCUT2D eigenvalue weighted by Crippen LogP contribution is -2.43. The van der Waals surface area contributed by atoms with E-state index in [1.54, 1.807) is 38.4 Å². The minimum Gasteiger partial charge on any atom is -0.449 e. The van der Waals surface area contributed by atoms with Crippen molar-refractivity contribution < 1.29 is 14.3 Å². The molecule has 24 heavy (non-hydrogen) atoms. The zero-order chi connectivity index (χ0) is 17.3. The van der Waals surface area contributed by atoms with Crippen LogP contribution in [-0.4, -0.2) is 37.4 Å². The molecule has 0 atom stereocenters. The lowest BCUT2D eigenvalue weighted by Gasteiger charge is -2.30.